The van der Waals surface area contributed by atoms with E-state index in [2.05, 4.69) is 0 Å². The fourth-order valence-corrected chi connectivity index (χ4v) is 2.29. The van der Waals surface area contributed by atoms with Crippen molar-refractivity contribution in [1.82, 2.24) is 0 Å². The van der Waals surface area contributed by atoms with Gasteiger partial charge >= 0.3 is 0 Å². The van der Waals surface area contributed by atoms with Gasteiger partial charge in [-0.15, -0.1) is 0 Å². The minimum absolute atomic E-state index is 0.0275. The Hall–Kier alpha value is -2.04. The minimum Gasteiger partial charge on any atom is -0.493 e. The van der Waals surface area contributed by atoms with Crippen LogP contribution in [-0.2, 0) is 4.79 Å². The highest BCUT2D eigenvalue weighted by atomic mass is 16.5. The van der Waals surface area contributed by atoms with Gasteiger partial charge < -0.3 is 14.4 Å². The Morgan fingerprint density at radius 3 is 2.42 bits per heavy atom. The number of methoxy groups -OCH3 is 2. The van der Waals surface area contributed by atoms with Crippen molar-refractivity contribution in [2.24, 2.45) is 0 Å². The highest BCUT2D eigenvalue weighted by molar-refractivity contribution is 6.07. The Kier molecular flexibility index (Phi) is 3.74. The summed E-state index contributed by atoms with van der Waals surface area (Å²) >= 11 is 0. The lowest BCUT2D eigenvalue weighted by molar-refractivity contribution is -0.116. The van der Waals surface area contributed by atoms with E-state index in [0.29, 0.717) is 42.1 Å². The van der Waals surface area contributed by atoms with Gasteiger partial charge in [0, 0.05) is 31.5 Å². The number of carbonyl (C=O) groups excluding carboxylic acids is 2. The van der Waals surface area contributed by atoms with Crippen molar-refractivity contribution < 1.29 is 19.1 Å². The van der Waals surface area contributed by atoms with Crippen molar-refractivity contribution in [3.8, 4) is 11.5 Å². The quantitative estimate of drug-likeness (QED) is 0.819. The Morgan fingerprint density at radius 2 is 1.84 bits per heavy atom. The molecule has 1 amide bonds. The average Bonchev–Trinajstić information content (AvgIpc) is 2.56. The van der Waals surface area contributed by atoms with Gasteiger partial charge in [0.05, 0.1) is 19.9 Å². The summed E-state index contributed by atoms with van der Waals surface area (Å²) in [6.45, 7) is 2.04. The fraction of sp³-hybridized carbons (Fsp3) is 0.429. The second-order valence-electron chi connectivity index (χ2n) is 4.42. The first-order valence-corrected chi connectivity index (χ1v) is 6.15. The van der Waals surface area contributed by atoms with Crippen LogP contribution in [0.15, 0.2) is 12.1 Å². The molecule has 0 atom stereocenters. The van der Waals surface area contributed by atoms with Crippen molar-refractivity contribution in [3.63, 3.8) is 0 Å². The standard InChI is InChI=1S/C14H17NO4/c1-9(16)15-6-4-5-12(17)10-7-13(18-2)14(19-3)8-11(10)15/h7-8H,4-6H2,1-3H3. The van der Waals surface area contributed by atoms with Gasteiger partial charge in [0.1, 0.15) is 0 Å². The fourth-order valence-electron chi connectivity index (χ4n) is 2.29. The number of anilines is 1. The third-order valence-electron chi connectivity index (χ3n) is 3.26. The van der Waals surface area contributed by atoms with E-state index in [-0.39, 0.29) is 11.7 Å². The summed E-state index contributed by atoms with van der Waals surface area (Å²) in [5, 5.41) is 0. The van der Waals surface area contributed by atoms with E-state index in [0.717, 1.165) is 0 Å². The molecule has 2 rings (SSSR count). The highest BCUT2D eigenvalue weighted by Gasteiger charge is 2.25. The Labute approximate surface area is 112 Å². The van der Waals surface area contributed by atoms with Crippen molar-refractivity contribution in [2.45, 2.75) is 19.8 Å². The molecular weight excluding hydrogens is 246 g/mol. The van der Waals surface area contributed by atoms with Crippen LogP contribution in [0.3, 0.4) is 0 Å². The molecule has 0 spiro atoms. The molecule has 0 saturated carbocycles. The van der Waals surface area contributed by atoms with Crippen LogP contribution in [0, 0.1) is 0 Å². The van der Waals surface area contributed by atoms with Crippen molar-refractivity contribution >= 4 is 17.4 Å². The molecule has 5 heteroatoms. The molecule has 1 heterocycles. The monoisotopic (exact) mass is 263 g/mol. The lowest BCUT2D eigenvalue weighted by atomic mass is 10.1. The second-order valence-corrected chi connectivity index (χ2v) is 4.42. The molecule has 5 nitrogen and oxygen atoms in total. The Morgan fingerprint density at radius 1 is 1.21 bits per heavy atom. The summed E-state index contributed by atoms with van der Waals surface area (Å²) in [4.78, 5) is 25.4. The third kappa shape index (κ3) is 2.41. The maximum absolute atomic E-state index is 12.1. The average molecular weight is 263 g/mol. The van der Waals surface area contributed by atoms with Crippen LogP contribution in [-0.4, -0.2) is 32.5 Å². The zero-order valence-electron chi connectivity index (χ0n) is 11.4. The van der Waals surface area contributed by atoms with E-state index in [4.69, 9.17) is 9.47 Å². The number of hydrogen-bond acceptors (Lipinski definition) is 4. The summed E-state index contributed by atoms with van der Waals surface area (Å²) in [7, 11) is 3.05. The molecule has 19 heavy (non-hydrogen) atoms. The summed E-state index contributed by atoms with van der Waals surface area (Å²) < 4.78 is 10.4. The van der Waals surface area contributed by atoms with E-state index in [1.807, 2.05) is 0 Å². The summed E-state index contributed by atoms with van der Waals surface area (Å²) in [5.74, 6) is 0.963. The van der Waals surface area contributed by atoms with E-state index in [9.17, 15) is 9.59 Å². The van der Waals surface area contributed by atoms with Crippen LogP contribution >= 0.6 is 0 Å². The normalized spacial score (nSPS) is 14.7. The number of hydrogen-bond donors (Lipinski definition) is 0. The van der Waals surface area contributed by atoms with Crippen LogP contribution in [0.25, 0.3) is 0 Å². The summed E-state index contributed by atoms with van der Waals surface area (Å²) in [6, 6.07) is 3.34. The maximum Gasteiger partial charge on any atom is 0.223 e. The Balaban J connectivity index is 2.63. The second kappa shape index (κ2) is 5.30. The van der Waals surface area contributed by atoms with Crippen molar-refractivity contribution in [3.05, 3.63) is 17.7 Å². The third-order valence-corrected chi connectivity index (χ3v) is 3.26. The SMILES string of the molecule is COc1cc2c(cc1OC)N(C(C)=O)CCCC2=O. The highest BCUT2D eigenvalue weighted by Crippen LogP contribution is 2.37. The smallest absolute Gasteiger partial charge is 0.223 e. The molecule has 1 aliphatic rings. The van der Waals surface area contributed by atoms with Gasteiger partial charge in [-0.25, -0.2) is 0 Å². The topological polar surface area (TPSA) is 55.8 Å². The number of fused-ring (bicyclic) bond motifs is 1. The molecule has 1 aliphatic heterocycles. The number of carbonyl (C=O) groups is 2. The lowest BCUT2D eigenvalue weighted by Gasteiger charge is -2.22. The lowest BCUT2D eigenvalue weighted by Crippen LogP contribution is -2.29. The molecule has 1 aromatic carbocycles. The molecule has 0 unspecified atom stereocenters. The van der Waals surface area contributed by atoms with Gasteiger partial charge in [0.2, 0.25) is 5.91 Å². The van der Waals surface area contributed by atoms with Gasteiger partial charge in [-0.05, 0) is 12.5 Å². The number of amides is 1. The summed E-state index contributed by atoms with van der Waals surface area (Å²) in [6.07, 6.45) is 1.10. The van der Waals surface area contributed by atoms with Crippen LogP contribution < -0.4 is 14.4 Å². The molecule has 0 N–H and O–H groups in total. The van der Waals surface area contributed by atoms with Crippen molar-refractivity contribution in [2.75, 3.05) is 25.7 Å². The van der Waals surface area contributed by atoms with Gasteiger partial charge in [0.25, 0.3) is 0 Å². The number of ether oxygens (including phenoxy) is 2. The first-order chi connectivity index (χ1) is 9.08. The minimum atomic E-state index is -0.0804. The molecule has 102 valence electrons. The van der Waals surface area contributed by atoms with Crippen LogP contribution in [0.1, 0.15) is 30.1 Å². The molecular formula is C14H17NO4. The van der Waals surface area contributed by atoms with Crippen LogP contribution in [0.5, 0.6) is 11.5 Å². The van der Waals surface area contributed by atoms with Crippen molar-refractivity contribution in [1.29, 1.82) is 0 Å². The molecule has 0 radical (unpaired) electrons. The largest absolute Gasteiger partial charge is 0.493 e. The molecule has 0 bridgehead atoms. The van der Waals surface area contributed by atoms with E-state index in [1.54, 1.807) is 17.0 Å². The first-order valence-electron chi connectivity index (χ1n) is 6.15. The van der Waals surface area contributed by atoms with E-state index < -0.39 is 0 Å². The van der Waals surface area contributed by atoms with Crippen LogP contribution in [0.2, 0.25) is 0 Å². The predicted octanol–water partition coefficient (Wildman–Crippen LogP) is 2.03. The number of rotatable bonds is 2. The van der Waals surface area contributed by atoms with Gasteiger partial charge in [-0.1, -0.05) is 0 Å². The molecule has 1 aromatic rings. The first kappa shape index (κ1) is 13.4. The number of Topliss-reactive ketones (excluding diaryl/α,β-unsaturated/α-hetero) is 1. The number of benzene rings is 1. The molecule has 0 fully saturated rings. The summed E-state index contributed by atoms with van der Waals surface area (Å²) in [5.41, 5.74) is 1.12. The van der Waals surface area contributed by atoms with Gasteiger partial charge in [0.15, 0.2) is 17.3 Å². The molecule has 0 aromatic heterocycles. The predicted molar refractivity (Wildman–Crippen MR) is 71.1 cm³/mol. The molecule has 0 saturated heterocycles. The molecule has 0 aliphatic carbocycles. The maximum atomic E-state index is 12.1. The number of nitrogens with zero attached hydrogens (tertiary/aromatic N) is 1. The Bertz CT molecular complexity index is 524. The van der Waals surface area contributed by atoms with Gasteiger partial charge in [-0.3, -0.25) is 9.59 Å². The zero-order chi connectivity index (χ0) is 14.0. The number of ketones is 1. The zero-order valence-corrected chi connectivity index (χ0v) is 11.4. The van der Waals surface area contributed by atoms with E-state index >= 15 is 0 Å². The van der Waals surface area contributed by atoms with Crippen LogP contribution in [0.4, 0.5) is 5.69 Å². The van der Waals surface area contributed by atoms with Gasteiger partial charge in [-0.2, -0.15) is 0 Å². The van der Waals surface area contributed by atoms with E-state index in [1.165, 1.54) is 21.1 Å².